The van der Waals surface area contributed by atoms with Crippen molar-refractivity contribution < 1.29 is 5.11 Å². The summed E-state index contributed by atoms with van der Waals surface area (Å²) >= 11 is 0. The van der Waals surface area contributed by atoms with Gasteiger partial charge in [0, 0.05) is 30.9 Å². The Kier molecular flexibility index (Phi) is 5.24. The third-order valence-corrected chi connectivity index (χ3v) is 7.63. The van der Waals surface area contributed by atoms with Crippen LogP contribution < -0.4 is 4.90 Å². The number of nitrogens with zero attached hydrogens (tertiary/aromatic N) is 2. The second-order valence-electron chi connectivity index (χ2n) is 8.83. The molecule has 0 spiro atoms. The molecule has 0 bridgehead atoms. The van der Waals surface area contributed by atoms with Gasteiger partial charge in [-0.25, -0.2) is 0 Å². The average molecular weight is 379 g/mol. The lowest BCUT2D eigenvalue weighted by Crippen LogP contribution is -2.48. The third-order valence-electron chi connectivity index (χ3n) is 7.63. The van der Waals surface area contributed by atoms with Gasteiger partial charge in [0.1, 0.15) is 0 Å². The van der Waals surface area contributed by atoms with Crippen LogP contribution in [0.5, 0.6) is 0 Å². The monoisotopic (exact) mass is 378 g/mol. The maximum Gasteiger partial charge on any atom is 0.0953 e. The Morgan fingerprint density at radius 3 is 2.14 bits per heavy atom. The first kappa shape index (κ1) is 19.5. The molecule has 4 rings (SSSR count). The highest BCUT2D eigenvalue weighted by Crippen LogP contribution is 2.41. The van der Waals surface area contributed by atoms with E-state index < -0.39 is 0 Å². The number of benzene rings is 2. The van der Waals surface area contributed by atoms with Crippen molar-refractivity contribution in [3.8, 4) is 0 Å². The number of piperidine rings is 1. The predicted molar refractivity (Wildman–Crippen MR) is 117 cm³/mol. The summed E-state index contributed by atoms with van der Waals surface area (Å²) in [4.78, 5) is 4.97. The highest BCUT2D eigenvalue weighted by atomic mass is 16.3. The van der Waals surface area contributed by atoms with Gasteiger partial charge in [-0.1, -0.05) is 18.2 Å². The number of rotatable bonds is 3. The molecule has 0 saturated carbocycles. The third kappa shape index (κ3) is 3.15. The van der Waals surface area contributed by atoms with Crippen LogP contribution in [0.1, 0.15) is 52.3 Å². The summed E-state index contributed by atoms with van der Waals surface area (Å²) in [6, 6.07) is 11.5. The fourth-order valence-electron chi connectivity index (χ4n) is 5.40. The van der Waals surface area contributed by atoms with Crippen molar-refractivity contribution in [1.29, 1.82) is 0 Å². The van der Waals surface area contributed by atoms with Gasteiger partial charge < -0.3 is 10.0 Å². The van der Waals surface area contributed by atoms with Crippen LogP contribution in [0.15, 0.2) is 30.3 Å². The number of aliphatic hydroxyl groups excluding tert-OH is 1. The van der Waals surface area contributed by atoms with E-state index in [0.29, 0.717) is 6.04 Å². The maximum absolute atomic E-state index is 11.2. The predicted octanol–water partition coefficient (Wildman–Crippen LogP) is 4.48. The van der Waals surface area contributed by atoms with Crippen LogP contribution in [0.25, 0.3) is 0 Å². The standard InChI is InChI=1S/C25H34N2O/c1-16-17(2)19(4)24-22(18(16)3)15-23(25(24)28)26(5)20-11-13-27(14-12-20)21-9-7-6-8-10-21/h6-10,20,23,25,28H,11-15H2,1-5H3/t23-,25-/m0/s1. The summed E-state index contributed by atoms with van der Waals surface area (Å²) in [5, 5.41) is 11.2. The number of anilines is 1. The zero-order valence-electron chi connectivity index (χ0n) is 18.0. The molecule has 1 fully saturated rings. The second kappa shape index (κ2) is 7.53. The van der Waals surface area contributed by atoms with Crippen LogP contribution in [0.2, 0.25) is 0 Å². The van der Waals surface area contributed by atoms with Gasteiger partial charge in [0.25, 0.3) is 0 Å². The van der Waals surface area contributed by atoms with Crippen molar-refractivity contribution in [3.63, 3.8) is 0 Å². The van der Waals surface area contributed by atoms with Gasteiger partial charge in [0.15, 0.2) is 0 Å². The molecule has 1 aliphatic heterocycles. The molecule has 0 unspecified atom stereocenters. The van der Waals surface area contributed by atoms with E-state index in [1.165, 1.54) is 39.1 Å². The van der Waals surface area contributed by atoms with E-state index in [-0.39, 0.29) is 12.1 Å². The number of para-hydroxylation sites is 1. The molecule has 3 heteroatoms. The van der Waals surface area contributed by atoms with Crippen LogP contribution in [-0.4, -0.2) is 42.2 Å². The Morgan fingerprint density at radius 2 is 1.50 bits per heavy atom. The summed E-state index contributed by atoms with van der Waals surface area (Å²) in [5.74, 6) is 0. The molecule has 150 valence electrons. The maximum atomic E-state index is 11.2. The van der Waals surface area contributed by atoms with Crippen LogP contribution in [0.4, 0.5) is 5.69 Å². The topological polar surface area (TPSA) is 26.7 Å². The minimum absolute atomic E-state index is 0.196. The molecule has 1 N–H and O–H groups in total. The molecule has 3 nitrogen and oxygen atoms in total. The van der Waals surface area contributed by atoms with E-state index in [1.54, 1.807) is 0 Å². The number of hydrogen-bond acceptors (Lipinski definition) is 3. The Labute approximate surface area is 170 Å². The molecule has 0 radical (unpaired) electrons. The quantitative estimate of drug-likeness (QED) is 0.853. The lowest BCUT2D eigenvalue weighted by Gasteiger charge is -2.41. The SMILES string of the molecule is Cc1c(C)c(C)c2c(c1C)C[C@H](N(C)C1CCN(c3ccccc3)CC1)[C@@H]2O. The van der Waals surface area contributed by atoms with Crippen molar-refractivity contribution >= 4 is 5.69 Å². The summed E-state index contributed by atoms with van der Waals surface area (Å²) in [6.45, 7) is 11.0. The van der Waals surface area contributed by atoms with E-state index in [9.17, 15) is 5.11 Å². The molecule has 1 heterocycles. The van der Waals surface area contributed by atoms with E-state index in [4.69, 9.17) is 0 Å². The summed E-state index contributed by atoms with van der Waals surface area (Å²) in [6.07, 6.45) is 2.91. The molecule has 0 amide bonds. The molecular weight excluding hydrogens is 344 g/mol. The van der Waals surface area contributed by atoms with Gasteiger partial charge in [-0.15, -0.1) is 0 Å². The van der Waals surface area contributed by atoms with Crippen molar-refractivity contribution in [3.05, 3.63) is 63.7 Å². The van der Waals surface area contributed by atoms with Gasteiger partial charge in [0.2, 0.25) is 0 Å². The van der Waals surface area contributed by atoms with Crippen molar-refractivity contribution in [1.82, 2.24) is 4.90 Å². The molecule has 2 aliphatic rings. The molecule has 2 aromatic rings. The van der Waals surface area contributed by atoms with Gasteiger partial charge in [-0.3, -0.25) is 4.90 Å². The number of aliphatic hydroxyl groups is 1. The van der Waals surface area contributed by atoms with E-state index >= 15 is 0 Å². The lowest BCUT2D eigenvalue weighted by atomic mass is 9.90. The fraction of sp³-hybridized carbons (Fsp3) is 0.520. The molecule has 2 atom stereocenters. The average Bonchev–Trinajstić information content (AvgIpc) is 3.08. The Hall–Kier alpha value is -1.84. The first-order valence-corrected chi connectivity index (χ1v) is 10.7. The molecule has 0 aromatic heterocycles. The number of fused-ring (bicyclic) bond motifs is 1. The summed E-state index contributed by atoms with van der Waals surface area (Å²) in [7, 11) is 2.23. The Bertz CT molecular complexity index is 853. The van der Waals surface area contributed by atoms with E-state index in [0.717, 1.165) is 32.4 Å². The van der Waals surface area contributed by atoms with Crippen LogP contribution in [0, 0.1) is 27.7 Å². The first-order valence-electron chi connectivity index (χ1n) is 10.7. The zero-order valence-corrected chi connectivity index (χ0v) is 18.0. The smallest absolute Gasteiger partial charge is 0.0953 e. The van der Waals surface area contributed by atoms with E-state index in [1.807, 2.05) is 0 Å². The van der Waals surface area contributed by atoms with Crippen molar-refractivity contribution in [2.24, 2.45) is 0 Å². The largest absolute Gasteiger partial charge is 0.387 e. The first-order chi connectivity index (χ1) is 13.4. The molecular formula is C25H34N2O. The zero-order chi connectivity index (χ0) is 20.0. The minimum Gasteiger partial charge on any atom is -0.387 e. The second-order valence-corrected chi connectivity index (χ2v) is 8.83. The lowest BCUT2D eigenvalue weighted by molar-refractivity contribution is 0.0443. The minimum atomic E-state index is -0.370. The Balaban J connectivity index is 1.48. The van der Waals surface area contributed by atoms with Gasteiger partial charge >= 0.3 is 0 Å². The van der Waals surface area contributed by atoms with Crippen molar-refractivity contribution in [2.45, 2.75) is 65.1 Å². The molecule has 2 aromatic carbocycles. The molecule has 28 heavy (non-hydrogen) atoms. The number of likely N-dealkylation sites (N-methyl/N-ethyl adjacent to an activating group) is 1. The fourth-order valence-corrected chi connectivity index (χ4v) is 5.40. The highest BCUT2D eigenvalue weighted by Gasteiger charge is 2.39. The highest BCUT2D eigenvalue weighted by molar-refractivity contribution is 5.54. The van der Waals surface area contributed by atoms with Crippen molar-refractivity contribution in [2.75, 3.05) is 25.0 Å². The van der Waals surface area contributed by atoms with Gasteiger partial charge in [0.05, 0.1) is 6.10 Å². The molecule has 1 saturated heterocycles. The normalized spacial score (nSPS) is 22.8. The van der Waals surface area contributed by atoms with Crippen LogP contribution in [-0.2, 0) is 6.42 Å². The molecule has 1 aliphatic carbocycles. The summed E-state index contributed by atoms with van der Waals surface area (Å²) in [5.41, 5.74) is 9.34. The number of hydrogen-bond donors (Lipinski definition) is 1. The van der Waals surface area contributed by atoms with E-state index in [2.05, 4.69) is 74.9 Å². The summed E-state index contributed by atoms with van der Waals surface area (Å²) < 4.78 is 0. The van der Waals surface area contributed by atoms with Gasteiger partial charge in [-0.2, -0.15) is 0 Å². The van der Waals surface area contributed by atoms with Gasteiger partial charge in [-0.05, 0) is 99.5 Å². The van der Waals surface area contributed by atoms with Crippen LogP contribution >= 0.6 is 0 Å². The van der Waals surface area contributed by atoms with Crippen LogP contribution in [0.3, 0.4) is 0 Å². The Morgan fingerprint density at radius 1 is 0.893 bits per heavy atom.